The molecule has 0 aromatic heterocycles. The first-order valence-corrected chi connectivity index (χ1v) is 1.86. The quantitative estimate of drug-likeness (QED) is 0.455. The van der Waals surface area contributed by atoms with Gasteiger partial charge in [-0.15, -0.1) is 0 Å². The van der Waals surface area contributed by atoms with E-state index >= 15 is 0 Å². The van der Waals surface area contributed by atoms with Crippen LogP contribution in [0.1, 0.15) is 0 Å². The van der Waals surface area contributed by atoms with E-state index in [0.717, 1.165) is 5.75 Å². The Labute approximate surface area is 56.8 Å². The van der Waals surface area contributed by atoms with Crippen molar-refractivity contribution >= 4 is 38.8 Å². The fraction of sp³-hybridized carbons (Fsp3) is 1.00. The third-order valence-electron chi connectivity index (χ3n) is 0.129. The zero-order valence-corrected chi connectivity index (χ0v) is 9.54. The van der Waals surface area contributed by atoms with E-state index in [2.05, 4.69) is 12.6 Å². The van der Waals surface area contributed by atoms with E-state index in [9.17, 15) is 0 Å². The molecule has 5 heavy (non-hydrogen) atoms. The summed E-state index contributed by atoms with van der Waals surface area (Å²) >= 11 is 3.80. The molecule has 0 rings (SSSR count). The van der Waals surface area contributed by atoms with E-state index in [0.29, 0.717) is 6.54 Å². The zero-order chi connectivity index (χ0) is 3.41. The fourth-order valence-electron chi connectivity index (χ4n) is 0. The van der Waals surface area contributed by atoms with Crippen LogP contribution in [0, 0.1) is 0 Å². The Hall–Kier alpha value is 1.19. The van der Waals surface area contributed by atoms with Gasteiger partial charge in [0.1, 0.15) is 0 Å². The summed E-state index contributed by atoms with van der Waals surface area (Å²) in [6.07, 6.45) is 0. The second-order valence-electron chi connectivity index (χ2n) is 0.512. The van der Waals surface area contributed by atoms with E-state index in [1.807, 2.05) is 0 Å². The number of hydrogen-bond donors (Lipinski definition) is 2. The Balaban J connectivity index is 0. The average molecular weight is 289 g/mol. The molecule has 3 heteroatoms. The van der Waals surface area contributed by atoms with Gasteiger partial charge in [-0.3, -0.25) is 0 Å². The molecule has 0 unspecified atom stereocenters. The number of thiol groups is 1. The van der Waals surface area contributed by atoms with Gasteiger partial charge in [-0.25, -0.2) is 0 Å². The Morgan fingerprint density at radius 2 is 1.80 bits per heavy atom. The van der Waals surface area contributed by atoms with Gasteiger partial charge >= 0.3 is 26.2 Å². The number of hydrogen-bond acceptors (Lipinski definition) is 2. The molecular formula is C2H10BiNS. The molecule has 34 valence electrons. The number of rotatable bonds is 1. The normalized spacial score (nSPS) is 6.00. The maximum absolute atomic E-state index is 4.95. The fourth-order valence-corrected chi connectivity index (χ4v) is 0. The van der Waals surface area contributed by atoms with Crippen LogP contribution in [0.3, 0.4) is 0 Å². The van der Waals surface area contributed by atoms with Gasteiger partial charge in [0.25, 0.3) is 0 Å². The van der Waals surface area contributed by atoms with Crippen molar-refractivity contribution in [1.29, 1.82) is 0 Å². The summed E-state index contributed by atoms with van der Waals surface area (Å²) in [6.45, 7) is 0.684. The van der Waals surface area contributed by atoms with Crippen LogP contribution in [-0.4, -0.2) is 38.5 Å². The molecule has 2 N–H and O–H groups in total. The van der Waals surface area contributed by atoms with Crippen LogP contribution in [0.2, 0.25) is 0 Å². The van der Waals surface area contributed by atoms with E-state index < -0.39 is 0 Å². The molecule has 0 aliphatic heterocycles. The van der Waals surface area contributed by atoms with Crippen molar-refractivity contribution in [1.82, 2.24) is 0 Å². The van der Waals surface area contributed by atoms with Crippen LogP contribution in [0.5, 0.6) is 0 Å². The molecule has 0 aromatic carbocycles. The van der Waals surface area contributed by atoms with Gasteiger partial charge in [0.2, 0.25) is 0 Å². The van der Waals surface area contributed by atoms with Gasteiger partial charge in [0.15, 0.2) is 0 Å². The molecule has 0 fully saturated rings. The van der Waals surface area contributed by atoms with Crippen LogP contribution in [0.25, 0.3) is 0 Å². The first-order chi connectivity index (χ1) is 1.91. The summed E-state index contributed by atoms with van der Waals surface area (Å²) < 4.78 is 0. The molecule has 0 radical (unpaired) electrons. The molecule has 0 spiro atoms. The summed E-state index contributed by atoms with van der Waals surface area (Å²) in [5.74, 6) is 0.792. The standard InChI is InChI=1S/C2H7NS.Bi.3H/c3-1-2-4;;;;/h4H,1-3H2;;;;. The molecule has 0 bridgehead atoms. The SMILES string of the molecule is NCCS.[BiH3]. The van der Waals surface area contributed by atoms with Crippen LogP contribution >= 0.6 is 12.6 Å². The Morgan fingerprint density at radius 1 is 1.60 bits per heavy atom. The molecule has 0 saturated carbocycles. The topological polar surface area (TPSA) is 26.0 Å². The van der Waals surface area contributed by atoms with E-state index in [-0.39, 0.29) is 26.2 Å². The summed E-state index contributed by atoms with van der Waals surface area (Å²) in [5.41, 5.74) is 4.95. The number of nitrogens with two attached hydrogens (primary N) is 1. The maximum atomic E-state index is 4.95. The molecule has 0 aliphatic rings. The Morgan fingerprint density at radius 3 is 1.80 bits per heavy atom. The summed E-state index contributed by atoms with van der Waals surface area (Å²) in [7, 11) is 0. The average Bonchev–Trinajstić information content (AvgIpc) is 1.37. The molecule has 0 atom stereocenters. The van der Waals surface area contributed by atoms with Crippen molar-refractivity contribution in [3.05, 3.63) is 0 Å². The van der Waals surface area contributed by atoms with Crippen molar-refractivity contribution in [3.63, 3.8) is 0 Å². The molecule has 0 aliphatic carbocycles. The van der Waals surface area contributed by atoms with Crippen LogP contribution in [0.4, 0.5) is 0 Å². The Kier molecular flexibility index (Phi) is 17.0. The van der Waals surface area contributed by atoms with Crippen molar-refractivity contribution in [2.75, 3.05) is 12.3 Å². The molecule has 0 amide bonds. The van der Waals surface area contributed by atoms with E-state index in [4.69, 9.17) is 5.73 Å². The van der Waals surface area contributed by atoms with Crippen LogP contribution in [-0.2, 0) is 0 Å². The summed E-state index contributed by atoms with van der Waals surface area (Å²) in [5, 5.41) is 0. The molecule has 0 aromatic rings. The van der Waals surface area contributed by atoms with Gasteiger partial charge in [-0.1, -0.05) is 0 Å². The predicted molar refractivity (Wildman–Crippen MR) is 32.8 cm³/mol. The summed E-state index contributed by atoms with van der Waals surface area (Å²) in [6, 6.07) is 0. The molecule has 1 nitrogen and oxygen atoms in total. The van der Waals surface area contributed by atoms with Gasteiger partial charge in [-0.05, 0) is 0 Å². The summed E-state index contributed by atoms with van der Waals surface area (Å²) in [4.78, 5) is 0. The first kappa shape index (κ1) is 9.50. The van der Waals surface area contributed by atoms with Gasteiger partial charge < -0.3 is 5.73 Å². The van der Waals surface area contributed by atoms with Crippen molar-refractivity contribution in [3.8, 4) is 0 Å². The first-order valence-electron chi connectivity index (χ1n) is 1.22. The van der Waals surface area contributed by atoms with Crippen molar-refractivity contribution in [2.24, 2.45) is 5.73 Å². The van der Waals surface area contributed by atoms with E-state index in [1.54, 1.807) is 0 Å². The molecular weight excluding hydrogens is 279 g/mol. The van der Waals surface area contributed by atoms with Gasteiger partial charge in [0, 0.05) is 12.3 Å². The van der Waals surface area contributed by atoms with Gasteiger partial charge in [0.05, 0.1) is 0 Å². The minimum atomic E-state index is 0. The second-order valence-corrected chi connectivity index (χ2v) is 0.959. The van der Waals surface area contributed by atoms with Crippen molar-refractivity contribution in [2.45, 2.75) is 0 Å². The predicted octanol–water partition coefficient (Wildman–Crippen LogP) is -1.31. The monoisotopic (exact) mass is 289 g/mol. The van der Waals surface area contributed by atoms with E-state index in [1.165, 1.54) is 0 Å². The second kappa shape index (κ2) is 8.96. The van der Waals surface area contributed by atoms with Crippen LogP contribution in [0.15, 0.2) is 0 Å². The Bertz CT molecular complexity index is 11.6. The van der Waals surface area contributed by atoms with Crippen LogP contribution < -0.4 is 5.73 Å². The van der Waals surface area contributed by atoms with Crippen molar-refractivity contribution < 1.29 is 0 Å². The van der Waals surface area contributed by atoms with Gasteiger partial charge in [-0.2, -0.15) is 12.6 Å². The minimum absolute atomic E-state index is 0. The third kappa shape index (κ3) is 11.0. The third-order valence-corrected chi connectivity index (χ3v) is 0.387. The molecule has 0 saturated heterocycles. The zero-order valence-electron chi connectivity index (χ0n) is 3.15. The molecule has 0 heterocycles.